The first-order chi connectivity index (χ1) is 15.7. The van der Waals surface area contributed by atoms with E-state index in [4.69, 9.17) is 4.98 Å². The maximum atomic E-state index is 13.4. The Hall–Kier alpha value is -3.64. The van der Waals surface area contributed by atoms with Crippen LogP contribution in [0.25, 0.3) is 34.0 Å². The van der Waals surface area contributed by atoms with Gasteiger partial charge in [-0.1, -0.05) is 84.6 Å². The zero-order valence-electron chi connectivity index (χ0n) is 17.5. The molecule has 2 heterocycles. The van der Waals surface area contributed by atoms with Crippen molar-refractivity contribution in [3.63, 3.8) is 0 Å². The number of thioether (sulfide) groups is 1. The summed E-state index contributed by atoms with van der Waals surface area (Å²) in [4.78, 5) is 13.2. The summed E-state index contributed by atoms with van der Waals surface area (Å²) in [5.74, 6) is 0.508. The van der Waals surface area contributed by atoms with Crippen LogP contribution in [-0.2, 0) is 6.54 Å². The number of hydrogen-bond acceptors (Lipinski definition) is 3. The van der Waals surface area contributed by atoms with Crippen molar-refractivity contribution in [3.05, 3.63) is 103 Å². The summed E-state index contributed by atoms with van der Waals surface area (Å²) in [5, 5.41) is 0.878. The van der Waals surface area contributed by atoms with Crippen LogP contribution < -0.4 is 0 Å². The highest BCUT2D eigenvalue weighted by Gasteiger charge is 2.19. The van der Waals surface area contributed by atoms with Crippen LogP contribution in [-0.4, -0.2) is 25.8 Å². The summed E-state index contributed by atoms with van der Waals surface area (Å²) in [6.07, 6.45) is 3.85. The molecule has 0 saturated heterocycles. The molecule has 0 saturated carbocycles. The van der Waals surface area contributed by atoms with Crippen LogP contribution in [0.15, 0.2) is 96.3 Å². The molecule has 0 radical (unpaired) electrons. The van der Waals surface area contributed by atoms with E-state index in [1.165, 1.54) is 12.1 Å². The number of hydrogen-bond donors (Lipinski definition) is 1. The molecule has 0 aliphatic rings. The van der Waals surface area contributed by atoms with E-state index in [1.54, 1.807) is 23.9 Å². The van der Waals surface area contributed by atoms with Gasteiger partial charge in [0, 0.05) is 11.1 Å². The Morgan fingerprint density at radius 1 is 0.875 bits per heavy atom. The Balaban J connectivity index is 1.63. The van der Waals surface area contributed by atoms with Gasteiger partial charge in [-0.2, -0.15) is 0 Å². The molecule has 1 N–H and O–H groups in total. The Morgan fingerprint density at radius 3 is 2.19 bits per heavy atom. The van der Waals surface area contributed by atoms with Crippen LogP contribution in [0.2, 0.25) is 0 Å². The molecule has 0 unspecified atom stereocenters. The number of imidazole rings is 2. The van der Waals surface area contributed by atoms with E-state index >= 15 is 0 Å². The highest BCUT2D eigenvalue weighted by Crippen LogP contribution is 2.34. The van der Waals surface area contributed by atoms with Crippen molar-refractivity contribution in [1.82, 2.24) is 19.5 Å². The van der Waals surface area contributed by atoms with E-state index in [0.717, 1.165) is 44.8 Å². The maximum Gasteiger partial charge on any atom is 0.168 e. The molecular weight excluding hydrogens is 419 g/mol. The summed E-state index contributed by atoms with van der Waals surface area (Å²) < 4.78 is 15.5. The van der Waals surface area contributed by atoms with E-state index < -0.39 is 0 Å². The standard InChI is InChI=1S/C26H21FN4S/c1-32-26-28-16-22(31(26)17-18-12-14-21(27)15-13-18)25-29-23(19-8-4-2-5-9-19)24(30-25)20-10-6-3-7-11-20/h2-16H,17H2,1H3,(H,29,30). The van der Waals surface area contributed by atoms with Crippen molar-refractivity contribution >= 4 is 11.8 Å². The Bertz CT molecular complexity index is 1270. The lowest BCUT2D eigenvalue weighted by atomic mass is 10.1. The van der Waals surface area contributed by atoms with Crippen LogP contribution in [0.3, 0.4) is 0 Å². The molecule has 158 valence electrons. The van der Waals surface area contributed by atoms with Crippen LogP contribution in [0, 0.1) is 5.82 Å². The van der Waals surface area contributed by atoms with E-state index in [1.807, 2.05) is 48.9 Å². The van der Waals surface area contributed by atoms with Gasteiger partial charge in [0.15, 0.2) is 11.0 Å². The van der Waals surface area contributed by atoms with E-state index in [2.05, 4.69) is 38.8 Å². The lowest BCUT2D eigenvalue weighted by Gasteiger charge is -2.10. The first-order valence-corrected chi connectivity index (χ1v) is 11.5. The quantitative estimate of drug-likeness (QED) is 0.306. The van der Waals surface area contributed by atoms with Crippen molar-refractivity contribution in [2.45, 2.75) is 11.7 Å². The second-order valence-electron chi connectivity index (χ2n) is 7.38. The number of aromatic amines is 1. The van der Waals surface area contributed by atoms with Crippen molar-refractivity contribution in [2.75, 3.05) is 6.26 Å². The minimum atomic E-state index is -0.240. The summed E-state index contributed by atoms with van der Waals surface area (Å²) in [6, 6.07) is 26.9. The van der Waals surface area contributed by atoms with Crippen LogP contribution >= 0.6 is 11.8 Å². The van der Waals surface area contributed by atoms with Crippen LogP contribution in [0.5, 0.6) is 0 Å². The Morgan fingerprint density at radius 2 is 1.53 bits per heavy atom. The number of nitrogens with one attached hydrogen (secondary N) is 1. The van der Waals surface area contributed by atoms with Gasteiger partial charge in [-0.15, -0.1) is 0 Å². The predicted molar refractivity (Wildman–Crippen MR) is 128 cm³/mol. The van der Waals surface area contributed by atoms with Gasteiger partial charge in [0.25, 0.3) is 0 Å². The zero-order chi connectivity index (χ0) is 21.9. The lowest BCUT2D eigenvalue weighted by Crippen LogP contribution is -2.04. The number of aromatic nitrogens is 4. The van der Waals surface area contributed by atoms with Gasteiger partial charge in [0.05, 0.1) is 24.1 Å². The number of halogens is 1. The minimum absolute atomic E-state index is 0.240. The van der Waals surface area contributed by atoms with E-state index in [0.29, 0.717) is 6.54 Å². The molecule has 32 heavy (non-hydrogen) atoms. The van der Waals surface area contributed by atoms with Gasteiger partial charge in [-0.05, 0) is 24.0 Å². The summed E-state index contributed by atoms with van der Waals surface area (Å²) in [6.45, 7) is 0.577. The number of rotatable bonds is 6. The summed E-state index contributed by atoms with van der Waals surface area (Å²) >= 11 is 1.57. The molecule has 0 atom stereocenters. The number of H-pyrrole nitrogens is 1. The van der Waals surface area contributed by atoms with Gasteiger partial charge in [-0.25, -0.2) is 14.4 Å². The van der Waals surface area contributed by atoms with Gasteiger partial charge in [0.2, 0.25) is 0 Å². The average Bonchev–Trinajstić information content (AvgIpc) is 3.46. The molecule has 4 nitrogen and oxygen atoms in total. The van der Waals surface area contributed by atoms with Gasteiger partial charge < -0.3 is 9.55 Å². The van der Waals surface area contributed by atoms with Crippen LogP contribution in [0.1, 0.15) is 5.56 Å². The fourth-order valence-electron chi connectivity index (χ4n) is 3.75. The second-order valence-corrected chi connectivity index (χ2v) is 8.16. The third-order valence-electron chi connectivity index (χ3n) is 5.31. The normalized spacial score (nSPS) is 11.1. The molecule has 0 aliphatic carbocycles. The monoisotopic (exact) mass is 440 g/mol. The van der Waals surface area contributed by atoms with Crippen molar-refractivity contribution in [2.24, 2.45) is 0 Å². The van der Waals surface area contributed by atoms with Crippen LogP contribution in [0.4, 0.5) is 4.39 Å². The smallest absolute Gasteiger partial charge is 0.168 e. The second kappa shape index (κ2) is 8.85. The van der Waals surface area contributed by atoms with Crippen molar-refractivity contribution < 1.29 is 4.39 Å². The minimum Gasteiger partial charge on any atom is -0.336 e. The SMILES string of the molecule is CSc1ncc(-c2nc(-c3ccccc3)c(-c3ccccc3)[nH]2)n1Cc1ccc(F)cc1. The Kier molecular flexibility index (Phi) is 5.60. The molecule has 0 fully saturated rings. The molecular formula is C26H21FN4S. The molecule has 6 heteroatoms. The Labute approximate surface area is 190 Å². The maximum absolute atomic E-state index is 13.4. The average molecular weight is 441 g/mol. The summed E-state index contributed by atoms with van der Waals surface area (Å²) in [7, 11) is 0. The fourth-order valence-corrected chi connectivity index (χ4v) is 4.29. The third-order valence-corrected chi connectivity index (χ3v) is 6.00. The zero-order valence-corrected chi connectivity index (χ0v) is 18.3. The number of nitrogens with zero attached hydrogens (tertiary/aromatic N) is 3. The predicted octanol–water partition coefficient (Wildman–Crippen LogP) is 6.52. The topological polar surface area (TPSA) is 46.5 Å². The molecule has 0 spiro atoms. The largest absolute Gasteiger partial charge is 0.336 e. The van der Waals surface area contributed by atoms with Gasteiger partial charge >= 0.3 is 0 Å². The van der Waals surface area contributed by atoms with Gasteiger partial charge in [0.1, 0.15) is 11.5 Å². The highest BCUT2D eigenvalue weighted by atomic mass is 32.2. The first kappa shape index (κ1) is 20.3. The van der Waals surface area contributed by atoms with E-state index in [9.17, 15) is 4.39 Å². The number of benzene rings is 3. The molecule has 0 bridgehead atoms. The van der Waals surface area contributed by atoms with Crippen molar-refractivity contribution in [1.29, 1.82) is 0 Å². The molecule has 0 aliphatic heterocycles. The fraction of sp³-hybridized carbons (Fsp3) is 0.0769. The van der Waals surface area contributed by atoms with Crippen molar-refractivity contribution in [3.8, 4) is 34.0 Å². The molecule has 2 aromatic heterocycles. The lowest BCUT2D eigenvalue weighted by molar-refractivity contribution is 0.625. The molecule has 0 amide bonds. The van der Waals surface area contributed by atoms with Gasteiger partial charge in [-0.3, -0.25) is 0 Å². The third kappa shape index (κ3) is 3.97. The summed E-state index contributed by atoms with van der Waals surface area (Å²) in [5.41, 5.74) is 5.86. The first-order valence-electron chi connectivity index (χ1n) is 10.3. The molecule has 3 aromatic carbocycles. The molecule has 5 rings (SSSR count). The molecule has 5 aromatic rings. The van der Waals surface area contributed by atoms with E-state index in [-0.39, 0.29) is 5.82 Å². The highest BCUT2D eigenvalue weighted by molar-refractivity contribution is 7.98.